The van der Waals surface area contributed by atoms with Crippen molar-refractivity contribution < 1.29 is 9.90 Å². The van der Waals surface area contributed by atoms with Crippen LogP contribution in [0.1, 0.15) is 16.6 Å². The Morgan fingerprint density at radius 2 is 2.54 bits per heavy atom. The maximum atomic E-state index is 11.4. The van der Waals surface area contributed by atoms with Crippen molar-refractivity contribution in [2.24, 2.45) is 0 Å². The molecular formula is C8H10BrNO2S. The maximum Gasteiger partial charge on any atom is 0.261 e. The molecule has 72 valence electrons. The molecule has 1 amide bonds. The predicted molar refractivity (Wildman–Crippen MR) is 56.0 cm³/mol. The molecule has 0 fully saturated rings. The Bertz CT molecular complexity index is 300. The van der Waals surface area contributed by atoms with Crippen molar-refractivity contribution >= 4 is 33.2 Å². The molecule has 2 N–H and O–H groups in total. The summed E-state index contributed by atoms with van der Waals surface area (Å²) in [4.78, 5) is 12.0. The number of thiophene rings is 1. The van der Waals surface area contributed by atoms with Crippen LogP contribution in [0.25, 0.3) is 0 Å². The van der Waals surface area contributed by atoms with Gasteiger partial charge in [0.25, 0.3) is 5.91 Å². The number of carbonyl (C=O) groups excluding carboxylic acids is 1. The molecule has 0 bridgehead atoms. The second-order valence-corrected chi connectivity index (χ2v) is 4.51. The molecule has 1 unspecified atom stereocenters. The van der Waals surface area contributed by atoms with Crippen LogP contribution in [0.15, 0.2) is 15.9 Å². The lowest BCUT2D eigenvalue weighted by molar-refractivity contribution is 0.0926. The van der Waals surface area contributed by atoms with Crippen LogP contribution in [0.2, 0.25) is 0 Å². The van der Waals surface area contributed by atoms with Crippen LogP contribution in [0.4, 0.5) is 0 Å². The Balaban J connectivity index is 2.58. The first kappa shape index (κ1) is 10.7. The van der Waals surface area contributed by atoms with Gasteiger partial charge in [-0.05, 0) is 28.9 Å². The second kappa shape index (κ2) is 4.74. The van der Waals surface area contributed by atoms with E-state index in [0.717, 1.165) is 4.47 Å². The maximum absolute atomic E-state index is 11.4. The summed E-state index contributed by atoms with van der Waals surface area (Å²) >= 11 is 4.63. The minimum absolute atomic E-state index is 0.0434. The first-order valence-corrected chi connectivity index (χ1v) is 5.46. The van der Waals surface area contributed by atoms with E-state index in [4.69, 9.17) is 5.11 Å². The Kier molecular flexibility index (Phi) is 3.90. The SMILES string of the molecule is CC(CO)NC(=O)c1cc(Br)cs1. The zero-order chi connectivity index (χ0) is 9.84. The van der Waals surface area contributed by atoms with Crippen LogP contribution in [0.3, 0.4) is 0 Å². The summed E-state index contributed by atoms with van der Waals surface area (Å²) in [5, 5.41) is 13.2. The lowest BCUT2D eigenvalue weighted by Crippen LogP contribution is -2.34. The number of aliphatic hydroxyl groups is 1. The van der Waals surface area contributed by atoms with Gasteiger partial charge >= 0.3 is 0 Å². The third-order valence-corrected chi connectivity index (χ3v) is 3.13. The zero-order valence-electron chi connectivity index (χ0n) is 7.08. The van der Waals surface area contributed by atoms with Crippen molar-refractivity contribution in [2.45, 2.75) is 13.0 Å². The van der Waals surface area contributed by atoms with Crippen molar-refractivity contribution in [3.63, 3.8) is 0 Å². The average molecular weight is 264 g/mol. The number of carbonyl (C=O) groups is 1. The van der Waals surface area contributed by atoms with Gasteiger partial charge in [0.2, 0.25) is 0 Å². The zero-order valence-corrected chi connectivity index (χ0v) is 9.48. The second-order valence-electron chi connectivity index (χ2n) is 2.69. The van der Waals surface area contributed by atoms with Gasteiger partial charge in [-0.1, -0.05) is 0 Å². The van der Waals surface area contributed by atoms with Gasteiger partial charge in [-0.2, -0.15) is 0 Å². The van der Waals surface area contributed by atoms with Gasteiger partial charge in [0, 0.05) is 15.9 Å². The number of hydrogen-bond donors (Lipinski definition) is 2. The Labute approximate surface area is 88.9 Å². The van der Waals surface area contributed by atoms with E-state index >= 15 is 0 Å². The third kappa shape index (κ3) is 3.10. The summed E-state index contributed by atoms with van der Waals surface area (Å²) in [7, 11) is 0. The molecule has 0 aromatic carbocycles. The highest BCUT2D eigenvalue weighted by Gasteiger charge is 2.10. The molecule has 0 saturated heterocycles. The van der Waals surface area contributed by atoms with Crippen molar-refractivity contribution in [3.05, 3.63) is 20.8 Å². The normalized spacial score (nSPS) is 12.5. The Morgan fingerprint density at radius 3 is 3.00 bits per heavy atom. The topological polar surface area (TPSA) is 49.3 Å². The van der Waals surface area contributed by atoms with Crippen LogP contribution in [0.5, 0.6) is 0 Å². The van der Waals surface area contributed by atoms with Crippen molar-refractivity contribution in [2.75, 3.05) is 6.61 Å². The summed E-state index contributed by atoms with van der Waals surface area (Å²) < 4.78 is 0.902. The first-order valence-electron chi connectivity index (χ1n) is 3.79. The molecule has 1 aromatic rings. The molecule has 1 rings (SSSR count). The van der Waals surface area contributed by atoms with E-state index in [1.54, 1.807) is 13.0 Å². The monoisotopic (exact) mass is 263 g/mol. The van der Waals surface area contributed by atoms with Crippen molar-refractivity contribution in [1.82, 2.24) is 5.32 Å². The molecule has 5 heteroatoms. The molecule has 0 radical (unpaired) electrons. The molecule has 0 aliphatic heterocycles. The van der Waals surface area contributed by atoms with E-state index in [9.17, 15) is 4.79 Å². The van der Waals surface area contributed by atoms with Crippen LogP contribution in [0, 0.1) is 0 Å². The fraction of sp³-hybridized carbons (Fsp3) is 0.375. The molecular weight excluding hydrogens is 254 g/mol. The number of hydrogen-bond acceptors (Lipinski definition) is 3. The quantitative estimate of drug-likeness (QED) is 0.871. The summed E-state index contributed by atoms with van der Waals surface area (Å²) in [6.45, 7) is 1.71. The van der Waals surface area contributed by atoms with E-state index in [1.165, 1.54) is 11.3 Å². The molecule has 0 saturated carbocycles. The van der Waals surface area contributed by atoms with E-state index in [1.807, 2.05) is 5.38 Å². The molecule has 0 spiro atoms. The van der Waals surface area contributed by atoms with Crippen LogP contribution in [-0.4, -0.2) is 23.7 Å². The van der Waals surface area contributed by atoms with Gasteiger partial charge in [0.15, 0.2) is 0 Å². The highest BCUT2D eigenvalue weighted by molar-refractivity contribution is 9.10. The largest absolute Gasteiger partial charge is 0.394 e. The molecule has 3 nitrogen and oxygen atoms in total. The van der Waals surface area contributed by atoms with E-state index in [2.05, 4.69) is 21.2 Å². The van der Waals surface area contributed by atoms with E-state index in [-0.39, 0.29) is 18.6 Å². The lowest BCUT2D eigenvalue weighted by atomic mass is 10.3. The number of rotatable bonds is 3. The molecule has 0 aliphatic carbocycles. The summed E-state index contributed by atoms with van der Waals surface area (Å²) in [6.07, 6.45) is 0. The number of aliphatic hydroxyl groups excluding tert-OH is 1. The molecule has 0 aliphatic rings. The van der Waals surface area contributed by atoms with Gasteiger partial charge in [0.05, 0.1) is 11.5 Å². The van der Waals surface area contributed by atoms with Gasteiger partial charge in [-0.3, -0.25) is 4.79 Å². The summed E-state index contributed by atoms with van der Waals surface area (Å²) in [5.41, 5.74) is 0. The molecule has 1 atom stereocenters. The standard InChI is InChI=1S/C8H10BrNO2S/c1-5(3-11)10-8(12)7-2-6(9)4-13-7/h2,4-5,11H,3H2,1H3,(H,10,12). The first-order chi connectivity index (χ1) is 6.13. The van der Waals surface area contributed by atoms with Crippen LogP contribution in [-0.2, 0) is 0 Å². The van der Waals surface area contributed by atoms with Crippen molar-refractivity contribution in [3.8, 4) is 0 Å². The summed E-state index contributed by atoms with van der Waals surface area (Å²) in [5.74, 6) is -0.141. The van der Waals surface area contributed by atoms with E-state index < -0.39 is 0 Å². The van der Waals surface area contributed by atoms with Gasteiger partial charge in [-0.25, -0.2) is 0 Å². The Morgan fingerprint density at radius 1 is 1.85 bits per heavy atom. The van der Waals surface area contributed by atoms with Crippen LogP contribution < -0.4 is 5.32 Å². The molecule has 1 heterocycles. The predicted octanol–water partition coefficient (Wildman–Crippen LogP) is 1.62. The lowest BCUT2D eigenvalue weighted by Gasteiger charge is -2.08. The minimum Gasteiger partial charge on any atom is -0.394 e. The Hall–Kier alpha value is -0.390. The van der Waals surface area contributed by atoms with Gasteiger partial charge in [0.1, 0.15) is 0 Å². The average Bonchev–Trinajstić information content (AvgIpc) is 2.51. The fourth-order valence-corrected chi connectivity index (χ4v) is 2.10. The van der Waals surface area contributed by atoms with Gasteiger partial charge < -0.3 is 10.4 Å². The number of halogens is 1. The fourth-order valence-electron chi connectivity index (χ4n) is 0.773. The number of nitrogens with one attached hydrogen (secondary N) is 1. The molecule has 13 heavy (non-hydrogen) atoms. The van der Waals surface area contributed by atoms with Crippen molar-refractivity contribution in [1.29, 1.82) is 0 Å². The van der Waals surface area contributed by atoms with E-state index in [0.29, 0.717) is 4.88 Å². The molecule has 1 aromatic heterocycles. The third-order valence-electron chi connectivity index (χ3n) is 1.44. The highest BCUT2D eigenvalue weighted by atomic mass is 79.9. The number of amides is 1. The van der Waals surface area contributed by atoms with Crippen LogP contribution >= 0.6 is 27.3 Å². The van der Waals surface area contributed by atoms with Gasteiger partial charge in [-0.15, -0.1) is 11.3 Å². The highest BCUT2D eigenvalue weighted by Crippen LogP contribution is 2.19. The minimum atomic E-state index is -0.201. The summed E-state index contributed by atoms with van der Waals surface area (Å²) in [6, 6.07) is 1.55. The smallest absolute Gasteiger partial charge is 0.261 e.